The van der Waals surface area contributed by atoms with Gasteiger partial charge in [0.2, 0.25) is 10.0 Å². The predicted octanol–water partition coefficient (Wildman–Crippen LogP) is 0.472. The van der Waals surface area contributed by atoms with Crippen molar-refractivity contribution in [3.63, 3.8) is 0 Å². The maximum atomic E-state index is 11.2. The second kappa shape index (κ2) is 7.48. The first-order chi connectivity index (χ1) is 8.57. The summed E-state index contributed by atoms with van der Waals surface area (Å²) < 4.78 is 29.6. The van der Waals surface area contributed by atoms with Gasteiger partial charge in [0.1, 0.15) is 0 Å². The topological polar surface area (TPSA) is 67.4 Å². The van der Waals surface area contributed by atoms with Crippen molar-refractivity contribution in [1.29, 1.82) is 0 Å². The van der Waals surface area contributed by atoms with Crippen molar-refractivity contribution in [2.45, 2.75) is 13.2 Å². The minimum absolute atomic E-state index is 0.0885. The maximum Gasteiger partial charge on any atom is 0.212 e. The molecule has 0 aliphatic heterocycles. The summed E-state index contributed by atoms with van der Waals surface area (Å²) in [6.07, 6.45) is 0. The van der Waals surface area contributed by atoms with Crippen LogP contribution in [0.1, 0.15) is 11.1 Å². The Labute approximate surface area is 109 Å². The molecule has 0 bridgehead atoms. The van der Waals surface area contributed by atoms with Gasteiger partial charge < -0.3 is 10.1 Å². The molecule has 102 valence electrons. The zero-order valence-corrected chi connectivity index (χ0v) is 11.6. The molecule has 1 aromatic rings. The molecule has 0 saturated heterocycles. The van der Waals surface area contributed by atoms with Crippen molar-refractivity contribution in [2.75, 3.05) is 26.5 Å². The van der Waals surface area contributed by atoms with Gasteiger partial charge in [-0.05, 0) is 18.2 Å². The predicted molar refractivity (Wildman–Crippen MR) is 71.7 cm³/mol. The van der Waals surface area contributed by atoms with Crippen LogP contribution < -0.4 is 10.0 Å². The first-order valence-electron chi connectivity index (χ1n) is 5.76. The van der Waals surface area contributed by atoms with Crippen molar-refractivity contribution in [1.82, 2.24) is 10.0 Å². The third-order valence-corrected chi connectivity index (χ3v) is 3.89. The zero-order chi connectivity index (χ0) is 13.4. The first-order valence-corrected chi connectivity index (χ1v) is 7.41. The van der Waals surface area contributed by atoms with E-state index in [9.17, 15) is 8.42 Å². The summed E-state index contributed by atoms with van der Waals surface area (Å²) in [6, 6.07) is 8.03. The van der Waals surface area contributed by atoms with Gasteiger partial charge in [-0.1, -0.05) is 24.3 Å². The van der Waals surface area contributed by atoms with Crippen LogP contribution in [0.5, 0.6) is 0 Å². The van der Waals surface area contributed by atoms with Crippen LogP contribution in [0.15, 0.2) is 24.3 Å². The summed E-state index contributed by atoms with van der Waals surface area (Å²) in [6.45, 7) is 1.70. The smallest absolute Gasteiger partial charge is 0.212 e. The number of methoxy groups -OCH3 is 1. The van der Waals surface area contributed by atoms with Crippen molar-refractivity contribution < 1.29 is 13.2 Å². The SMILES string of the molecule is CNS(=O)(=O)CCNCc1ccc(COC)cc1. The Kier molecular flexibility index (Phi) is 6.28. The van der Waals surface area contributed by atoms with Gasteiger partial charge in [-0.15, -0.1) is 0 Å². The maximum absolute atomic E-state index is 11.2. The van der Waals surface area contributed by atoms with E-state index in [1.807, 2.05) is 24.3 Å². The Morgan fingerprint density at radius 1 is 1.17 bits per heavy atom. The molecule has 0 radical (unpaired) electrons. The number of ether oxygens (including phenoxy) is 1. The quantitative estimate of drug-likeness (QED) is 0.675. The van der Waals surface area contributed by atoms with Crippen molar-refractivity contribution in [3.05, 3.63) is 35.4 Å². The third-order valence-electron chi connectivity index (χ3n) is 2.52. The van der Waals surface area contributed by atoms with E-state index >= 15 is 0 Å². The average Bonchev–Trinajstić information content (AvgIpc) is 2.37. The van der Waals surface area contributed by atoms with E-state index < -0.39 is 10.0 Å². The highest BCUT2D eigenvalue weighted by atomic mass is 32.2. The summed E-state index contributed by atoms with van der Waals surface area (Å²) in [5, 5.41) is 3.09. The molecule has 0 aliphatic carbocycles. The van der Waals surface area contributed by atoms with Crippen LogP contribution >= 0.6 is 0 Å². The summed E-state index contributed by atoms with van der Waals surface area (Å²) >= 11 is 0. The Hall–Kier alpha value is -0.950. The van der Waals surface area contributed by atoms with Gasteiger partial charge in [-0.3, -0.25) is 0 Å². The molecule has 2 N–H and O–H groups in total. The van der Waals surface area contributed by atoms with Gasteiger partial charge in [0.05, 0.1) is 12.4 Å². The normalized spacial score (nSPS) is 11.7. The van der Waals surface area contributed by atoms with Crippen molar-refractivity contribution in [3.8, 4) is 0 Å². The Morgan fingerprint density at radius 3 is 2.33 bits per heavy atom. The minimum atomic E-state index is -3.12. The molecule has 0 fully saturated rings. The highest BCUT2D eigenvalue weighted by Gasteiger charge is 2.05. The summed E-state index contributed by atoms with van der Waals surface area (Å²) in [7, 11) is -0.0322. The number of rotatable bonds is 8. The number of nitrogens with one attached hydrogen (secondary N) is 2. The lowest BCUT2D eigenvalue weighted by Gasteiger charge is -2.06. The van der Waals surface area contributed by atoms with E-state index in [-0.39, 0.29) is 5.75 Å². The van der Waals surface area contributed by atoms with Gasteiger partial charge in [0.15, 0.2) is 0 Å². The van der Waals surface area contributed by atoms with Crippen LogP contribution in [0.25, 0.3) is 0 Å². The molecule has 1 rings (SSSR count). The average molecular weight is 272 g/mol. The van der Waals surface area contributed by atoms with Gasteiger partial charge in [0, 0.05) is 20.2 Å². The zero-order valence-electron chi connectivity index (χ0n) is 10.8. The fourth-order valence-electron chi connectivity index (χ4n) is 1.46. The molecule has 0 spiro atoms. The van der Waals surface area contributed by atoms with Gasteiger partial charge in [-0.2, -0.15) is 0 Å². The molecule has 1 aromatic carbocycles. The van der Waals surface area contributed by atoms with Crippen molar-refractivity contribution in [2.24, 2.45) is 0 Å². The molecule has 6 heteroatoms. The van der Waals surface area contributed by atoms with E-state index in [4.69, 9.17) is 4.74 Å². The first kappa shape index (κ1) is 15.1. The number of benzene rings is 1. The molecule has 0 amide bonds. The summed E-state index contributed by atoms with van der Waals surface area (Å²) in [4.78, 5) is 0. The molecule has 5 nitrogen and oxygen atoms in total. The molecule has 0 heterocycles. The van der Waals surface area contributed by atoms with E-state index in [0.717, 1.165) is 11.1 Å². The highest BCUT2D eigenvalue weighted by molar-refractivity contribution is 7.89. The molecular weight excluding hydrogens is 252 g/mol. The minimum Gasteiger partial charge on any atom is -0.380 e. The van der Waals surface area contributed by atoms with Gasteiger partial charge >= 0.3 is 0 Å². The molecular formula is C12H20N2O3S. The third kappa shape index (κ3) is 5.59. The van der Waals surface area contributed by atoms with Crippen LogP contribution in [-0.2, 0) is 27.9 Å². The molecule has 0 atom stereocenters. The van der Waals surface area contributed by atoms with Crippen molar-refractivity contribution >= 4 is 10.0 Å². The Morgan fingerprint density at radius 2 is 1.78 bits per heavy atom. The van der Waals surface area contributed by atoms with Crippen LogP contribution in [0.3, 0.4) is 0 Å². The Bertz CT molecular complexity index is 443. The summed E-state index contributed by atoms with van der Waals surface area (Å²) in [5.74, 6) is 0.0885. The highest BCUT2D eigenvalue weighted by Crippen LogP contribution is 2.05. The largest absolute Gasteiger partial charge is 0.380 e. The molecule has 18 heavy (non-hydrogen) atoms. The van der Waals surface area contributed by atoms with Crippen LogP contribution in [-0.4, -0.2) is 34.9 Å². The van der Waals surface area contributed by atoms with E-state index in [0.29, 0.717) is 19.7 Å². The molecule has 0 saturated carbocycles. The van der Waals surface area contributed by atoms with Gasteiger partial charge in [0.25, 0.3) is 0 Å². The molecule has 0 aromatic heterocycles. The second-order valence-electron chi connectivity index (χ2n) is 3.95. The van der Waals surface area contributed by atoms with Crippen LogP contribution in [0.4, 0.5) is 0 Å². The standard InChI is InChI=1S/C12H20N2O3S/c1-13-18(15,16)8-7-14-9-11-3-5-12(6-4-11)10-17-2/h3-6,13-14H,7-10H2,1-2H3. The van der Waals surface area contributed by atoms with E-state index in [1.165, 1.54) is 7.05 Å². The number of hydrogen-bond donors (Lipinski definition) is 2. The Balaban J connectivity index is 2.31. The lowest BCUT2D eigenvalue weighted by atomic mass is 10.1. The van der Waals surface area contributed by atoms with E-state index in [2.05, 4.69) is 10.0 Å². The number of hydrogen-bond acceptors (Lipinski definition) is 4. The van der Waals surface area contributed by atoms with Crippen LogP contribution in [0.2, 0.25) is 0 Å². The van der Waals surface area contributed by atoms with Crippen LogP contribution in [0, 0.1) is 0 Å². The fourth-order valence-corrected chi connectivity index (χ4v) is 2.08. The fraction of sp³-hybridized carbons (Fsp3) is 0.500. The lowest BCUT2D eigenvalue weighted by Crippen LogP contribution is -2.29. The monoisotopic (exact) mass is 272 g/mol. The summed E-state index contributed by atoms with van der Waals surface area (Å²) in [5.41, 5.74) is 2.25. The lowest BCUT2D eigenvalue weighted by molar-refractivity contribution is 0.185. The molecule has 0 aliphatic rings. The second-order valence-corrected chi connectivity index (χ2v) is 6.00. The number of sulfonamides is 1. The van der Waals surface area contributed by atoms with Gasteiger partial charge in [-0.25, -0.2) is 13.1 Å². The van der Waals surface area contributed by atoms with E-state index in [1.54, 1.807) is 7.11 Å². The molecule has 0 unspecified atom stereocenters.